The van der Waals surface area contributed by atoms with Crippen LogP contribution in [0.2, 0.25) is 5.02 Å². The SMILES string of the molecule is Cc1c(Cl)cccc1N1CCN(CCN)CC1=O. The number of nitrogens with two attached hydrogens (primary N) is 1. The molecule has 0 aliphatic carbocycles. The van der Waals surface area contributed by atoms with Gasteiger partial charge in [0.2, 0.25) is 5.91 Å². The highest BCUT2D eigenvalue weighted by Gasteiger charge is 2.25. The largest absolute Gasteiger partial charge is 0.329 e. The number of hydrogen-bond donors (Lipinski definition) is 1. The summed E-state index contributed by atoms with van der Waals surface area (Å²) in [7, 11) is 0. The molecule has 2 rings (SSSR count). The van der Waals surface area contributed by atoms with Crippen molar-refractivity contribution in [1.82, 2.24) is 4.90 Å². The number of piperazine rings is 1. The molecule has 1 saturated heterocycles. The lowest BCUT2D eigenvalue weighted by Crippen LogP contribution is -2.51. The second-order valence-electron chi connectivity index (χ2n) is 4.49. The fourth-order valence-corrected chi connectivity index (χ4v) is 2.41. The second kappa shape index (κ2) is 5.69. The van der Waals surface area contributed by atoms with Crippen LogP contribution in [0.5, 0.6) is 0 Å². The van der Waals surface area contributed by atoms with Crippen LogP contribution in [-0.4, -0.2) is 43.5 Å². The molecule has 2 N–H and O–H groups in total. The van der Waals surface area contributed by atoms with E-state index in [9.17, 15) is 4.79 Å². The average Bonchev–Trinajstić information content (AvgIpc) is 2.34. The maximum Gasteiger partial charge on any atom is 0.241 e. The first-order valence-corrected chi connectivity index (χ1v) is 6.49. The average molecular weight is 268 g/mol. The summed E-state index contributed by atoms with van der Waals surface area (Å²) >= 11 is 6.09. The topological polar surface area (TPSA) is 49.6 Å². The number of hydrogen-bond acceptors (Lipinski definition) is 3. The molecule has 5 heteroatoms. The van der Waals surface area contributed by atoms with E-state index in [-0.39, 0.29) is 5.91 Å². The van der Waals surface area contributed by atoms with Gasteiger partial charge in [-0.05, 0) is 24.6 Å². The summed E-state index contributed by atoms with van der Waals surface area (Å²) in [4.78, 5) is 16.0. The predicted molar refractivity (Wildman–Crippen MR) is 74.0 cm³/mol. The molecule has 1 amide bonds. The van der Waals surface area contributed by atoms with E-state index in [2.05, 4.69) is 4.90 Å². The highest BCUT2D eigenvalue weighted by molar-refractivity contribution is 6.31. The third kappa shape index (κ3) is 2.66. The Labute approximate surface area is 112 Å². The molecule has 0 atom stereocenters. The maximum atomic E-state index is 12.1. The summed E-state index contributed by atoms with van der Waals surface area (Å²) in [5, 5.41) is 0.699. The van der Waals surface area contributed by atoms with Crippen molar-refractivity contribution in [3.8, 4) is 0 Å². The number of nitrogens with zero attached hydrogens (tertiary/aromatic N) is 2. The highest BCUT2D eigenvalue weighted by atomic mass is 35.5. The molecule has 18 heavy (non-hydrogen) atoms. The molecule has 1 fully saturated rings. The van der Waals surface area contributed by atoms with Crippen molar-refractivity contribution in [2.75, 3.05) is 37.6 Å². The normalized spacial score (nSPS) is 17.3. The van der Waals surface area contributed by atoms with Crippen LogP contribution in [0.25, 0.3) is 0 Å². The molecule has 4 nitrogen and oxygen atoms in total. The van der Waals surface area contributed by atoms with Crippen molar-refractivity contribution in [2.45, 2.75) is 6.92 Å². The third-order valence-corrected chi connectivity index (χ3v) is 3.68. The Morgan fingerprint density at radius 3 is 2.83 bits per heavy atom. The lowest BCUT2D eigenvalue weighted by molar-refractivity contribution is -0.121. The van der Waals surface area contributed by atoms with Crippen LogP contribution in [0.1, 0.15) is 5.56 Å². The van der Waals surface area contributed by atoms with Gasteiger partial charge in [0, 0.05) is 36.9 Å². The fraction of sp³-hybridized carbons (Fsp3) is 0.462. The van der Waals surface area contributed by atoms with Crippen molar-refractivity contribution in [3.63, 3.8) is 0 Å². The minimum absolute atomic E-state index is 0.111. The number of anilines is 1. The van der Waals surface area contributed by atoms with Gasteiger partial charge < -0.3 is 10.6 Å². The zero-order chi connectivity index (χ0) is 13.1. The minimum Gasteiger partial charge on any atom is -0.329 e. The number of rotatable bonds is 3. The molecule has 1 heterocycles. The van der Waals surface area contributed by atoms with E-state index in [1.807, 2.05) is 30.0 Å². The first kappa shape index (κ1) is 13.3. The van der Waals surface area contributed by atoms with E-state index in [0.29, 0.717) is 24.7 Å². The molecule has 98 valence electrons. The van der Waals surface area contributed by atoms with Gasteiger partial charge >= 0.3 is 0 Å². The lowest BCUT2D eigenvalue weighted by atomic mass is 10.1. The number of amides is 1. The van der Waals surface area contributed by atoms with Gasteiger partial charge in [-0.2, -0.15) is 0 Å². The van der Waals surface area contributed by atoms with E-state index in [1.54, 1.807) is 0 Å². The molecule has 1 aliphatic rings. The zero-order valence-corrected chi connectivity index (χ0v) is 11.3. The molecule has 0 aromatic heterocycles. The Balaban J connectivity index is 2.16. The monoisotopic (exact) mass is 267 g/mol. The Morgan fingerprint density at radius 2 is 2.17 bits per heavy atom. The number of halogens is 1. The Kier molecular flexibility index (Phi) is 4.22. The van der Waals surface area contributed by atoms with Crippen molar-refractivity contribution in [3.05, 3.63) is 28.8 Å². The van der Waals surface area contributed by atoms with Gasteiger partial charge in [-0.15, -0.1) is 0 Å². The van der Waals surface area contributed by atoms with Crippen molar-refractivity contribution >= 4 is 23.2 Å². The maximum absolute atomic E-state index is 12.1. The molecule has 0 saturated carbocycles. The molecular weight excluding hydrogens is 250 g/mol. The Hall–Kier alpha value is -1.10. The zero-order valence-electron chi connectivity index (χ0n) is 10.5. The molecule has 1 aliphatic heterocycles. The number of benzene rings is 1. The summed E-state index contributed by atoms with van der Waals surface area (Å²) in [6, 6.07) is 5.66. The third-order valence-electron chi connectivity index (χ3n) is 3.27. The Bertz CT molecular complexity index is 450. The standard InChI is InChI=1S/C13H18ClN3O/c1-10-11(14)3-2-4-12(10)17-8-7-16(6-5-15)9-13(17)18/h2-4H,5-9,15H2,1H3. The molecule has 0 unspecified atom stereocenters. The predicted octanol–water partition coefficient (Wildman–Crippen LogP) is 1.26. The quantitative estimate of drug-likeness (QED) is 0.897. The molecule has 0 radical (unpaired) electrons. The molecule has 0 bridgehead atoms. The first-order chi connectivity index (χ1) is 8.63. The molecule has 1 aromatic carbocycles. The van der Waals surface area contributed by atoms with Crippen LogP contribution in [0.3, 0.4) is 0 Å². The highest BCUT2D eigenvalue weighted by Crippen LogP contribution is 2.27. The van der Waals surface area contributed by atoms with E-state index < -0.39 is 0 Å². The van der Waals surface area contributed by atoms with Crippen LogP contribution in [0, 0.1) is 6.92 Å². The van der Waals surface area contributed by atoms with E-state index >= 15 is 0 Å². The molecular formula is C13H18ClN3O. The van der Waals surface area contributed by atoms with Crippen LogP contribution in [-0.2, 0) is 4.79 Å². The fourth-order valence-electron chi connectivity index (χ4n) is 2.24. The smallest absolute Gasteiger partial charge is 0.241 e. The molecule has 1 aromatic rings. The summed E-state index contributed by atoms with van der Waals surface area (Å²) in [5.74, 6) is 0.111. The summed E-state index contributed by atoms with van der Waals surface area (Å²) < 4.78 is 0. The van der Waals surface area contributed by atoms with Gasteiger partial charge in [-0.25, -0.2) is 0 Å². The summed E-state index contributed by atoms with van der Waals surface area (Å²) in [6.45, 7) is 5.28. The van der Waals surface area contributed by atoms with Crippen LogP contribution in [0.4, 0.5) is 5.69 Å². The van der Waals surface area contributed by atoms with Gasteiger partial charge in [-0.3, -0.25) is 9.69 Å². The second-order valence-corrected chi connectivity index (χ2v) is 4.90. The Morgan fingerprint density at radius 1 is 1.39 bits per heavy atom. The van der Waals surface area contributed by atoms with Crippen molar-refractivity contribution in [2.24, 2.45) is 5.73 Å². The van der Waals surface area contributed by atoms with Crippen molar-refractivity contribution in [1.29, 1.82) is 0 Å². The van der Waals surface area contributed by atoms with E-state index in [4.69, 9.17) is 17.3 Å². The van der Waals surface area contributed by atoms with E-state index in [1.165, 1.54) is 0 Å². The van der Waals surface area contributed by atoms with Crippen LogP contribution >= 0.6 is 11.6 Å². The number of carbonyl (C=O) groups is 1. The minimum atomic E-state index is 0.111. The van der Waals surface area contributed by atoms with Crippen molar-refractivity contribution < 1.29 is 4.79 Å². The summed E-state index contributed by atoms with van der Waals surface area (Å²) in [6.07, 6.45) is 0. The van der Waals surface area contributed by atoms with E-state index in [0.717, 1.165) is 24.3 Å². The van der Waals surface area contributed by atoms with Crippen LogP contribution in [0.15, 0.2) is 18.2 Å². The van der Waals surface area contributed by atoms with Crippen LogP contribution < -0.4 is 10.6 Å². The van der Waals surface area contributed by atoms with Gasteiger partial charge in [-0.1, -0.05) is 17.7 Å². The first-order valence-electron chi connectivity index (χ1n) is 6.11. The van der Waals surface area contributed by atoms with Gasteiger partial charge in [0.1, 0.15) is 0 Å². The van der Waals surface area contributed by atoms with Gasteiger partial charge in [0.15, 0.2) is 0 Å². The molecule has 0 spiro atoms. The lowest BCUT2D eigenvalue weighted by Gasteiger charge is -2.34. The number of carbonyl (C=O) groups excluding carboxylic acids is 1. The van der Waals surface area contributed by atoms with Gasteiger partial charge in [0.25, 0.3) is 0 Å². The summed E-state index contributed by atoms with van der Waals surface area (Å²) in [5.41, 5.74) is 7.39. The van der Waals surface area contributed by atoms with Gasteiger partial charge in [0.05, 0.1) is 6.54 Å².